The minimum absolute atomic E-state index is 0.0384. The van der Waals surface area contributed by atoms with Crippen molar-refractivity contribution in [3.8, 4) is 0 Å². The molecule has 118 valence electrons. The van der Waals surface area contributed by atoms with Gasteiger partial charge in [0.2, 0.25) is 0 Å². The van der Waals surface area contributed by atoms with Crippen molar-refractivity contribution >= 4 is 16.0 Å². The number of aliphatic hydroxyl groups is 1. The molecule has 0 amide bonds. The van der Waals surface area contributed by atoms with Crippen LogP contribution < -0.4 is 0 Å². The highest BCUT2D eigenvalue weighted by atomic mass is 32.2. The standard InChI is InChI=1S/C12H19N3O5S/c1-2-20-12(17)10-7-13-14-11(10)21(18,19)15-5-3-9(8-15)4-6-16/h7,9,16H,2-6,8H2,1H3,(H,13,14). The van der Waals surface area contributed by atoms with Gasteiger partial charge < -0.3 is 9.84 Å². The molecule has 0 aliphatic carbocycles. The van der Waals surface area contributed by atoms with E-state index in [1.54, 1.807) is 6.92 Å². The highest BCUT2D eigenvalue weighted by Crippen LogP contribution is 2.26. The second-order valence-electron chi connectivity index (χ2n) is 4.86. The molecule has 1 aromatic heterocycles. The van der Waals surface area contributed by atoms with Crippen molar-refractivity contribution in [2.45, 2.75) is 24.8 Å². The van der Waals surface area contributed by atoms with E-state index in [0.29, 0.717) is 25.9 Å². The summed E-state index contributed by atoms with van der Waals surface area (Å²) >= 11 is 0. The molecule has 1 saturated heterocycles. The van der Waals surface area contributed by atoms with E-state index >= 15 is 0 Å². The summed E-state index contributed by atoms with van der Waals surface area (Å²) in [6.07, 6.45) is 2.43. The number of esters is 1. The number of aliphatic hydroxyl groups excluding tert-OH is 1. The number of hydrogen-bond acceptors (Lipinski definition) is 6. The molecule has 1 aliphatic heterocycles. The van der Waals surface area contributed by atoms with Gasteiger partial charge in [-0.25, -0.2) is 13.2 Å². The topological polar surface area (TPSA) is 113 Å². The van der Waals surface area contributed by atoms with E-state index in [9.17, 15) is 13.2 Å². The number of nitrogens with one attached hydrogen (secondary N) is 1. The Labute approximate surface area is 123 Å². The molecule has 2 rings (SSSR count). The fourth-order valence-corrected chi connectivity index (χ4v) is 3.98. The van der Waals surface area contributed by atoms with E-state index in [4.69, 9.17) is 9.84 Å². The number of hydrogen-bond donors (Lipinski definition) is 2. The fraction of sp³-hybridized carbons (Fsp3) is 0.667. The van der Waals surface area contributed by atoms with Crippen LogP contribution in [0.5, 0.6) is 0 Å². The molecule has 0 saturated carbocycles. The Hall–Kier alpha value is -1.45. The van der Waals surface area contributed by atoms with Gasteiger partial charge >= 0.3 is 5.97 Å². The van der Waals surface area contributed by atoms with E-state index in [1.807, 2.05) is 0 Å². The van der Waals surface area contributed by atoms with Crippen molar-refractivity contribution in [1.82, 2.24) is 14.5 Å². The maximum absolute atomic E-state index is 12.6. The van der Waals surface area contributed by atoms with Crippen molar-refractivity contribution in [3.63, 3.8) is 0 Å². The molecule has 1 aromatic rings. The fourth-order valence-electron chi connectivity index (χ4n) is 2.39. The van der Waals surface area contributed by atoms with Crippen LogP contribution in [0.25, 0.3) is 0 Å². The zero-order chi connectivity index (χ0) is 15.5. The predicted octanol–water partition coefficient (Wildman–Crippen LogP) is -0.0206. The third-order valence-electron chi connectivity index (χ3n) is 3.48. The normalized spacial score (nSPS) is 19.8. The molecule has 0 radical (unpaired) electrons. The maximum Gasteiger partial charge on any atom is 0.342 e. The number of nitrogens with zero attached hydrogens (tertiary/aromatic N) is 2. The lowest BCUT2D eigenvalue weighted by molar-refractivity contribution is 0.0521. The summed E-state index contributed by atoms with van der Waals surface area (Å²) in [5.74, 6) is -0.574. The zero-order valence-electron chi connectivity index (χ0n) is 11.8. The highest BCUT2D eigenvalue weighted by Gasteiger charge is 2.36. The molecule has 21 heavy (non-hydrogen) atoms. The molecular weight excluding hydrogens is 298 g/mol. The third-order valence-corrected chi connectivity index (χ3v) is 5.32. The second kappa shape index (κ2) is 6.54. The first-order valence-corrected chi connectivity index (χ1v) is 8.26. The van der Waals surface area contributed by atoms with Crippen molar-refractivity contribution in [1.29, 1.82) is 0 Å². The molecule has 0 spiro atoms. The van der Waals surface area contributed by atoms with Crippen LogP contribution in [0.3, 0.4) is 0 Å². The predicted molar refractivity (Wildman–Crippen MR) is 73.1 cm³/mol. The number of sulfonamides is 1. The number of H-pyrrole nitrogens is 1. The summed E-state index contributed by atoms with van der Waals surface area (Å²) in [6.45, 7) is 2.55. The van der Waals surface area contributed by atoms with Crippen LogP contribution in [0.15, 0.2) is 11.2 Å². The van der Waals surface area contributed by atoms with Crippen LogP contribution in [-0.4, -0.2) is 60.3 Å². The minimum atomic E-state index is -3.81. The van der Waals surface area contributed by atoms with E-state index in [0.717, 1.165) is 6.20 Å². The number of aromatic nitrogens is 2. The number of carbonyl (C=O) groups is 1. The van der Waals surface area contributed by atoms with E-state index in [-0.39, 0.29) is 29.7 Å². The van der Waals surface area contributed by atoms with E-state index in [1.165, 1.54) is 4.31 Å². The monoisotopic (exact) mass is 317 g/mol. The van der Waals surface area contributed by atoms with Gasteiger partial charge in [-0.1, -0.05) is 0 Å². The van der Waals surface area contributed by atoms with Crippen LogP contribution in [0.4, 0.5) is 0 Å². The zero-order valence-corrected chi connectivity index (χ0v) is 12.6. The van der Waals surface area contributed by atoms with Gasteiger partial charge in [-0.05, 0) is 25.7 Å². The van der Waals surface area contributed by atoms with E-state index < -0.39 is 16.0 Å². The molecule has 8 nitrogen and oxygen atoms in total. The van der Waals surface area contributed by atoms with Crippen molar-refractivity contribution < 1.29 is 23.1 Å². The van der Waals surface area contributed by atoms with Crippen LogP contribution in [0.1, 0.15) is 30.1 Å². The van der Waals surface area contributed by atoms with E-state index in [2.05, 4.69) is 10.2 Å². The highest BCUT2D eigenvalue weighted by molar-refractivity contribution is 7.89. The van der Waals surface area contributed by atoms with Gasteiger partial charge in [-0.2, -0.15) is 9.40 Å². The average molecular weight is 317 g/mol. The maximum atomic E-state index is 12.6. The molecule has 1 unspecified atom stereocenters. The van der Waals surface area contributed by atoms with Gasteiger partial charge in [0.05, 0.1) is 12.8 Å². The first-order valence-electron chi connectivity index (χ1n) is 6.82. The van der Waals surface area contributed by atoms with Crippen LogP contribution in [-0.2, 0) is 14.8 Å². The SMILES string of the molecule is CCOC(=O)c1cn[nH]c1S(=O)(=O)N1CCC(CCO)C1. The van der Waals surface area contributed by atoms with Crippen LogP contribution in [0.2, 0.25) is 0 Å². The summed E-state index contributed by atoms with van der Waals surface area (Å²) in [4.78, 5) is 11.8. The average Bonchev–Trinajstić information content (AvgIpc) is 3.08. The quantitative estimate of drug-likeness (QED) is 0.713. The van der Waals surface area contributed by atoms with Gasteiger partial charge in [0.1, 0.15) is 5.56 Å². The van der Waals surface area contributed by atoms with Crippen LogP contribution in [0, 0.1) is 5.92 Å². The molecule has 1 atom stereocenters. The first-order chi connectivity index (χ1) is 10.0. The molecule has 0 bridgehead atoms. The van der Waals surface area contributed by atoms with Gasteiger partial charge in [-0.15, -0.1) is 0 Å². The molecular formula is C12H19N3O5S. The summed E-state index contributed by atoms with van der Waals surface area (Å²) in [5.41, 5.74) is -0.0811. The molecule has 1 fully saturated rings. The smallest absolute Gasteiger partial charge is 0.342 e. The molecule has 2 heterocycles. The largest absolute Gasteiger partial charge is 0.462 e. The Morgan fingerprint density at radius 1 is 1.62 bits per heavy atom. The second-order valence-corrected chi connectivity index (χ2v) is 6.74. The summed E-state index contributed by atoms with van der Waals surface area (Å²) < 4.78 is 31.3. The number of rotatable bonds is 6. The summed E-state index contributed by atoms with van der Waals surface area (Å²) in [5, 5.41) is 14.7. The van der Waals surface area contributed by atoms with Gasteiger partial charge in [0.25, 0.3) is 10.0 Å². The summed E-state index contributed by atoms with van der Waals surface area (Å²) in [7, 11) is -3.81. The number of ether oxygens (including phenoxy) is 1. The van der Waals surface area contributed by atoms with Gasteiger partial charge in [0, 0.05) is 19.7 Å². The van der Waals surface area contributed by atoms with Crippen LogP contribution >= 0.6 is 0 Å². The van der Waals surface area contributed by atoms with Gasteiger partial charge in [0.15, 0.2) is 5.03 Å². The third kappa shape index (κ3) is 3.25. The Bertz CT molecular complexity index is 598. The van der Waals surface area contributed by atoms with Crippen molar-refractivity contribution in [3.05, 3.63) is 11.8 Å². The first kappa shape index (κ1) is 15.9. The van der Waals surface area contributed by atoms with Crippen molar-refractivity contribution in [2.24, 2.45) is 5.92 Å². The Morgan fingerprint density at radius 2 is 2.38 bits per heavy atom. The Kier molecular flexibility index (Phi) is 4.96. The molecule has 1 aliphatic rings. The van der Waals surface area contributed by atoms with Crippen molar-refractivity contribution in [2.75, 3.05) is 26.3 Å². The Balaban J connectivity index is 2.21. The van der Waals surface area contributed by atoms with Gasteiger partial charge in [-0.3, -0.25) is 5.10 Å². The molecule has 0 aromatic carbocycles. The number of aromatic amines is 1. The Morgan fingerprint density at radius 3 is 3.05 bits per heavy atom. The minimum Gasteiger partial charge on any atom is -0.462 e. The molecule has 2 N–H and O–H groups in total. The lowest BCUT2D eigenvalue weighted by Crippen LogP contribution is -2.30. The molecule has 9 heteroatoms. The summed E-state index contributed by atoms with van der Waals surface area (Å²) in [6, 6.07) is 0. The lowest BCUT2D eigenvalue weighted by Gasteiger charge is -2.16. The number of carbonyl (C=O) groups excluding carboxylic acids is 1. The lowest BCUT2D eigenvalue weighted by atomic mass is 10.1.